The molecule has 6 nitrogen and oxygen atoms in total. The number of benzene rings is 1. The Morgan fingerprint density at radius 2 is 1.86 bits per heavy atom. The molecule has 2 aliphatic rings. The molecule has 146 valence electrons. The van der Waals surface area contributed by atoms with E-state index in [2.05, 4.69) is 10.3 Å². The number of hydrogen-bond donors (Lipinski definition) is 1. The Morgan fingerprint density at radius 3 is 2.61 bits per heavy atom. The van der Waals surface area contributed by atoms with Crippen molar-refractivity contribution >= 4 is 11.9 Å². The summed E-state index contributed by atoms with van der Waals surface area (Å²) in [5.41, 5.74) is 3.13. The lowest BCUT2D eigenvalue weighted by atomic mass is 9.95. The summed E-state index contributed by atoms with van der Waals surface area (Å²) in [5.74, 6) is 0.179. The van der Waals surface area contributed by atoms with Crippen molar-refractivity contribution in [2.75, 3.05) is 13.1 Å². The number of aryl methyl sites for hydroxylation is 1. The molecule has 2 saturated heterocycles. The van der Waals surface area contributed by atoms with E-state index in [1.54, 1.807) is 12.4 Å². The molecule has 3 amide bonds. The number of likely N-dealkylation sites (tertiary alicyclic amines) is 2. The van der Waals surface area contributed by atoms with Crippen molar-refractivity contribution in [3.05, 3.63) is 65.5 Å². The van der Waals surface area contributed by atoms with Crippen molar-refractivity contribution in [1.82, 2.24) is 20.1 Å². The number of pyridine rings is 1. The largest absolute Gasteiger partial charge is 0.334 e. The molecule has 0 aliphatic carbocycles. The Morgan fingerprint density at radius 1 is 1.11 bits per heavy atom. The minimum absolute atomic E-state index is 0.0549. The summed E-state index contributed by atoms with van der Waals surface area (Å²) in [6, 6.07) is 12.0. The van der Waals surface area contributed by atoms with E-state index >= 15 is 0 Å². The topological polar surface area (TPSA) is 65.5 Å². The van der Waals surface area contributed by atoms with Crippen molar-refractivity contribution in [3.8, 4) is 0 Å². The maximum absolute atomic E-state index is 12.7. The van der Waals surface area contributed by atoms with E-state index in [1.807, 2.05) is 53.1 Å². The van der Waals surface area contributed by atoms with E-state index in [1.165, 1.54) is 5.56 Å². The molecule has 0 saturated carbocycles. The van der Waals surface area contributed by atoms with Crippen LogP contribution in [-0.4, -0.2) is 45.4 Å². The summed E-state index contributed by atoms with van der Waals surface area (Å²) in [4.78, 5) is 33.1. The summed E-state index contributed by atoms with van der Waals surface area (Å²) in [6.07, 6.45) is 5.72. The molecule has 0 radical (unpaired) electrons. The fourth-order valence-electron chi connectivity index (χ4n) is 4.25. The van der Waals surface area contributed by atoms with Crippen molar-refractivity contribution in [3.63, 3.8) is 0 Å². The zero-order valence-corrected chi connectivity index (χ0v) is 16.2. The fourth-order valence-corrected chi connectivity index (χ4v) is 4.25. The third kappa shape index (κ3) is 3.72. The van der Waals surface area contributed by atoms with Crippen LogP contribution in [0, 0.1) is 6.92 Å². The van der Waals surface area contributed by atoms with Gasteiger partial charge in [0, 0.05) is 45.0 Å². The van der Waals surface area contributed by atoms with Crippen LogP contribution in [0.2, 0.25) is 0 Å². The second-order valence-electron chi connectivity index (χ2n) is 7.88. The summed E-state index contributed by atoms with van der Waals surface area (Å²) in [5, 5.41) is 3.02. The molecule has 2 fully saturated rings. The number of hydrogen-bond acceptors (Lipinski definition) is 3. The highest BCUT2D eigenvalue weighted by atomic mass is 16.2. The van der Waals surface area contributed by atoms with Crippen molar-refractivity contribution in [2.45, 2.75) is 44.8 Å². The van der Waals surface area contributed by atoms with Gasteiger partial charge in [0.1, 0.15) is 0 Å². The van der Waals surface area contributed by atoms with Crippen LogP contribution in [0.3, 0.4) is 0 Å². The average Bonchev–Trinajstić information content (AvgIpc) is 3.28. The molecule has 1 N–H and O–H groups in total. The second-order valence-corrected chi connectivity index (χ2v) is 7.88. The van der Waals surface area contributed by atoms with E-state index in [0.717, 1.165) is 24.0 Å². The Hall–Kier alpha value is -2.89. The van der Waals surface area contributed by atoms with Gasteiger partial charge in [-0.2, -0.15) is 0 Å². The van der Waals surface area contributed by atoms with Crippen LogP contribution in [0.25, 0.3) is 0 Å². The Bertz CT molecular complexity index is 853. The summed E-state index contributed by atoms with van der Waals surface area (Å²) in [6.45, 7) is 4.43. The quantitative estimate of drug-likeness (QED) is 0.890. The Balaban J connectivity index is 1.39. The van der Waals surface area contributed by atoms with Crippen molar-refractivity contribution in [1.29, 1.82) is 0 Å². The zero-order valence-electron chi connectivity index (χ0n) is 16.2. The predicted octanol–water partition coefficient (Wildman–Crippen LogP) is 2.87. The molecule has 1 unspecified atom stereocenters. The Kier molecular flexibility index (Phi) is 5.03. The highest BCUT2D eigenvalue weighted by molar-refractivity contribution is 5.81. The van der Waals surface area contributed by atoms with Crippen LogP contribution >= 0.6 is 0 Å². The van der Waals surface area contributed by atoms with Gasteiger partial charge in [-0.05, 0) is 43.0 Å². The third-order valence-corrected chi connectivity index (χ3v) is 5.95. The van der Waals surface area contributed by atoms with E-state index in [-0.39, 0.29) is 17.5 Å². The summed E-state index contributed by atoms with van der Waals surface area (Å²) < 4.78 is 0. The van der Waals surface area contributed by atoms with Gasteiger partial charge in [-0.25, -0.2) is 4.79 Å². The maximum atomic E-state index is 12.7. The molecular formula is C22H26N4O2. The van der Waals surface area contributed by atoms with Gasteiger partial charge >= 0.3 is 6.03 Å². The minimum Gasteiger partial charge on any atom is -0.334 e. The zero-order chi connectivity index (χ0) is 19.6. The molecule has 2 aromatic rings. The molecule has 0 bridgehead atoms. The van der Waals surface area contributed by atoms with Crippen LogP contribution in [0.15, 0.2) is 48.8 Å². The molecule has 3 heterocycles. The van der Waals surface area contributed by atoms with Crippen LogP contribution in [0.4, 0.5) is 4.79 Å². The van der Waals surface area contributed by atoms with Gasteiger partial charge < -0.3 is 15.1 Å². The van der Waals surface area contributed by atoms with E-state index in [0.29, 0.717) is 32.6 Å². The second kappa shape index (κ2) is 7.62. The lowest BCUT2D eigenvalue weighted by molar-refractivity contribution is -0.131. The van der Waals surface area contributed by atoms with Crippen molar-refractivity contribution in [2.24, 2.45) is 0 Å². The first kappa shape index (κ1) is 18.5. The van der Waals surface area contributed by atoms with Crippen LogP contribution in [0.1, 0.15) is 36.0 Å². The maximum Gasteiger partial charge on any atom is 0.317 e. The number of carbonyl (C=O) groups is 2. The normalized spacial score (nSPS) is 21.5. The van der Waals surface area contributed by atoms with Crippen molar-refractivity contribution < 1.29 is 9.59 Å². The monoisotopic (exact) mass is 378 g/mol. The molecule has 6 heteroatoms. The van der Waals surface area contributed by atoms with Gasteiger partial charge in [-0.1, -0.05) is 29.8 Å². The molecule has 28 heavy (non-hydrogen) atoms. The third-order valence-electron chi connectivity index (χ3n) is 5.95. The van der Waals surface area contributed by atoms with Gasteiger partial charge in [0.15, 0.2) is 0 Å². The van der Waals surface area contributed by atoms with E-state index in [4.69, 9.17) is 0 Å². The molecule has 1 aromatic heterocycles. The predicted molar refractivity (Wildman–Crippen MR) is 106 cm³/mol. The first-order valence-electron chi connectivity index (χ1n) is 9.83. The van der Waals surface area contributed by atoms with Crippen LogP contribution < -0.4 is 5.32 Å². The first-order valence-corrected chi connectivity index (χ1v) is 9.83. The van der Waals surface area contributed by atoms with Gasteiger partial charge in [-0.3, -0.25) is 9.78 Å². The molecule has 4 rings (SSSR count). The number of urea groups is 1. The van der Waals surface area contributed by atoms with Crippen LogP contribution in [-0.2, 0) is 17.9 Å². The molecular weight excluding hydrogens is 352 g/mol. The smallest absolute Gasteiger partial charge is 0.317 e. The number of nitrogens with one attached hydrogen (secondary N) is 1. The average molecular weight is 378 g/mol. The summed E-state index contributed by atoms with van der Waals surface area (Å²) >= 11 is 0. The first-order chi connectivity index (χ1) is 13.6. The standard InChI is InChI=1S/C22H26N4O2/c1-17-2-4-18(5-3-17)14-24-21(28)25-13-10-22(16-25)9-6-20(27)26(22)15-19-7-11-23-12-8-19/h2-5,7-8,11-12H,6,9-10,13-16H2,1H3,(H,24,28). The highest BCUT2D eigenvalue weighted by Crippen LogP contribution is 2.39. The Labute approximate surface area is 165 Å². The molecule has 1 spiro atoms. The van der Waals surface area contributed by atoms with Gasteiger partial charge in [0.05, 0.1) is 5.54 Å². The molecule has 1 aromatic carbocycles. The number of amides is 3. The van der Waals surface area contributed by atoms with E-state index in [9.17, 15) is 9.59 Å². The lowest BCUT2D eigenvalue weighted by Crippen LogP contribution is -2.49. The number of rotatable bonds is 4. The van der Waals surface area contributed by atoms with Crippen LogP contribution in [0.5, 0.6) is 0 Å². The summed E-state index contributed by atoms with van der Waals surface area (Å²) in [7, 11) is 0. The van der Waals surface area contributed by atoms with Gasteiger partial charge in [-0.15, -0.1) is 0 Å². The number of aromatic nitrogens is 1. The fraction of sp³-hybridized carbons (Fsp3) is 0.409. The molecule has 2 aliphatic heterocycles. The minimum atomic E-state index is -0.235. The lowest BCUT2D eigenvalue weighted by Gasteiger charge is -2.35. The van der Waals surface area contributed by atoms with Gasteiger partial charge in [0.25, 0.3) is 0 Å². The SMILES string of the molecule is Cc1ccc(CNC(=O)N2CCC3(CCC(=O)N3Cc3ccncc3)C2)cc1. The van der Waals surface area contributed by atoms with E-state index < -0.39 is 0 Å². The number of carbonyl (C=O) groups excluding carboxylic acids is 2. The number of nitrogens with zero attached hydrogens (tertiary/aromatic N) is 3. The molecule has 1 atom stereocenters. The highest BCUT2D eigenvalue weighted by Gasteiger charge is 2.50. The van der Waals surface area contributed by atoms with Gasteiger partial charge in [0.2, 0.25) is 5.91 Å².